The van der Waals surface area contributed by atoms with Crippen LogP contribution in [0.2, 0.25) is 0 Å². The lowest BCUT2D eigenvalue weighted by Crippen LogP contribution is -2.24. The number of carbonyl (C=O) groups excluding carboxylic acids is 1. The number of ether oxygens (including phenoxy) is 1. The second-order valence-electron chi connectivity index (χ2n) is 8.24. The summed E-state index contributed by atoms with van der Waals surface area (Å²) in [6.45, 7) is 12.7. The molecule has 3 nitrogen and oxygen atoms in total. The highest BCUT2D eigenvalue weighted by Gasteiger charge is 2.28. The summed E-state index contributed by atoms with van der Waals surface area (Å²) in [7, 11) is 0. The summed E-state index contributed by atoms with van der Waals surface area (Å²) in [4.78, 5) is 11.7. The number of aliphatic hydroxyl groups is 1. The number of rotatable bonds is 8. The lowest BCUT2D eigenvalue weighted by molar-refractivity contribution is -0.140. The van der Waals surface area contributed by atoms with Gasteiger partial charge in [-0.3, -0.25) is 0 Å². The Balaban J connectivity index is 2.60. The van der Waals surface area contributed by atoms with Crippen molar-refractivity contribution in [1.82, 2.24) is 0 Å². The first-order valence-corrected chi connectivity index (χ1v) is 9.87. The lowest BCUT2D eigenvalue weighted by Gasteiger charge is -2.35. The van der Waals surface area contributed by atoms with Gasteiger partial charge in [-0.15, -0.1) is 0 Å². The molecule has 150 valence electrons. The number of allylic oxidation sites excluding steroid dienone is 9. The molecule has 2 unspecified atom stereocenters. The van der Waals surface area contributed by atoms with Crippen molar-refractivity contribution in [1.29, 1.82) is 0 Å². The molecule has 0 saturated carbocycles. The van der Waals surface area contributed by atoms with E-state index in [-0.39, 0.29) is 6.61 Å². The maximum Gasteiger partial charge on any atom is 0.331 e. The third-order valence-electron chi connectivity index (χ3n) is 5.05. The number of carbonyl (C=O) groups is 1. The first-order valence-electron chi connectivity index (χ1n) is 9.87. The Bertz CT molecular complexity index is 645. The molecule has 1 aliphatic rings. The minimum Gasteiger partial charge on any atom is -0.460 e. The van der Waals surface area contributed by atoms with Gasteiger partial charge in [0.1, 0.15) is 6.61 Å². The predicted octanol–water partition coefficient (Wildman–Crippen LogP) is 5.69. The molecule has 0 fully saturated rings. The molecular formula is C24H36O3. The van der Waals surface area contributed by atoms with E-state index in [0.29, 0.717) is 17.8 Å². The van der Waals surface area contributed by atoms with Crippen molar-refractivity contribution in [2.24, 2.45) is 11.3 Å². The monoisotopic (exact) mass is 372 g/mol. The Hall–Kier alpha value is -1.87. The Morgan fingerprint density at radius 1 is 1.33 bits per heavy atom. The van der Waals surface area contributed by atoms with Crippen LogP contribution < -0.4 is 0 Å². The highest BCUT2D eigenvalue weighted by Crippen LogP contribution is 2.40. The molecule has 0 aliphatic heterocycles. The highest BCUT2D eigenvalue weighted by molar-refractivity contribution is 5.83. The average molecular weight is 373 g/mol. The Labute approximate surface area is 165 Å². The Morgan fingerprint density at radius 2 is 2.04 bits per heavy atom. The first kappa shape index (κ1) is 23.2. The maximum atomic E-state index is 11.7. The Kier molecular flexibility index (Phi) is 9.51. The molecule has 0 aromatic rings. The molecule has 1 aliphatic carbocycles. The fraction of sp³-hybridized carbons (Fsp3) is 0.542. The molecule has 1 rings (SSSR count). The zero-order valence-corrected chi connectivity index (χ0v) is 17.8. The predicted molar refractivity (Wildman–Crippen MR) is 113 cm³/mol. The number of aliphatic hydroxyl groups excluding tert-OH is 1. The third-order valence-corrected chi connectivity index (χ3v) is 5.05. The Morgan fingerprint density at radius 3 is 2.70 bits per heavy atom. The van der Waals surface area contributed by atoms with Crippen LogP contribution in [0, 0.1) is 11.3 Å². The van der Waals surface area contributed by atoms with E-state index in [2.05, 4.69) is 45.9 Å². The molecule has 0 heterocycles. The zero-order chi connectivity index (χ0) is 20.4. The van der Waals surface area contributed by atoms with Crippen molar-refractivity contribution in [3.8, 4) is 0 Å². The van der Waals surface area contributed by atoms with E-state index < -0.39 is 12.1 Å². The van der Waals surface area contributed by atoms with Gasteiger partial charge in [-0.1, -0.05) is 68.4 Å². The van der Waals surface area contributed by atoms with Gasteiger partial charge in [-0.25, -0.2) is 4.79 Å². The summed E-state index contributed by atoms with van der Waals surface area (Å²) in [5, 5.41) is 9.41. The summed E-state index contributed by atoms with van der Waals surface area (Å²) >= 11 is 0. The molecule has 0 aromatic heterocycles. The first-order chi connectivity index (χ1) is 12.6. The molecule has 0 amide bonds. The highest BCUT2D eigenvalue weighted by atomic mass is 16.5. The SMILES string of the molecule is CCC(O)COC(=O)/C=C(C)/C=C/C=C(C)/C=C/C1C=C(C)CCC1(C)C. The van der Waals surface area contributed by atoms with Crippen LogP contribution in [0.1, 0.15) is 60.8 Å². The number of esters is 1. The fourth-order valence-electron chi connectivity index (χ4n) is 2.85. The van der Waals surface area contributed by atoms with E-state index in [1.807, 2.05) is 32.1 Å². The van der Waals surface area contributed by atoms with Crippen LogP contribution in [-0.4, -0.2) is 23.8 Å². The summed E-state index contributed by atoms with van der Waals surface area (Å²) in [6.07, 6.45) is 16.5. The second-order valence-corrected chi connectivity index (χ2v) is 8.24. The van der Waals surface area contributed by atoms with E-state index in [1.165, 1.54) is 30.1 Å². The zero-order valence-electron chi connectivity index (χ0n) is 17.8. The van der Waals surface area contributed by atoms with Gasteiger partial charge < -0.3 is 9.84 Å². The molecule has 2 atom stereocenters. The molecule has 1 N–H and O–H groups in total. The largest absolute Gasteiger partial charge is 0.460 e. The van der Waals surface area contributed by atoms with Crippen LogP contribution in [0.5, 0.6) is 0 Å². The van der Waals surface area contributed by atoms with Crippen LogP contribution >= 0.6 is 0 Å². The molecule has 0 bridgehead atoms. The normalized spacial score (nSPS) is 22.2. The van der Waals surface area contributed by atoms with Crippen LogP contribution in [0.4, 0.5) is 0 Å². The van der Waals surface area contributed by atoms with Gasteiger partial charge in [-0.2, -0.15) is 0 Å². The molecule has 27 heavy (non-hydrogen) atoms. The minimum atomic E-state index is -0.594. The maximum absolute atomic E-state index is 11.7. The van der Waals surface area contributed by atoms with Crippen molar-refractivity contribution in [2.45, 2.75) is 66.9 Å². The molecular weight excluding hydrogens is 336 g/mol. The van der Waals surface area contributed by atoms with Crippen molar-refractivity contribution >= 4 is 5.97 Å². The van der Waals surface area contributed by atoms with Gasteiger partial charge >= 0.3 is 5.97 Å². The van der Waals surface area contributed by atoms with Crippen molar-refractivity contribution < 1.29 is 14.6 Å². The number of hydrogen-bond donors (Lipinski definition) is 1. The fourth-order valence-corrected chi connectivity index (χ4v) is 2.85. The van der Waals surface area contributed by atoms with Gasteiger partial charge in [0.25, 0.3) is 0 Å². The van der Waals surface area contributed by atoms with E-state index in [4.69, 9.17) is 4.74 Å². The summed E-state index contributed by atoms with van der Waals surface area (Å²) in [5.41, 5.74) is 3.76. The lowest BCUT2D eigenvalue weighted by atomic mass is 9.70. The van der Waals surface area contributed by atoms with Crippen molar-refractivity contribution in [3.05, 3.63) is 59.3 Å². The van der Waals surface area contributed by atoms with Crippen LogP contribution in [0.3, 0.4) is 0 Å². The smallest absolute Gasteiger partial charge is 0.331 e. The van der Waals surface area contributed by atoms with E-state index >= 15 is 0 Å². The van der Waals surface area contributed by atoms with Gasteiger partial charge in [-0.05, 0) is 51.0 Å². The molecule has 0 aromatic carbocycles. The molecule has 0 radical (unpaired) electrons. The van der Waals surface area contributed by atoms with Crippen LogP contribution in [0.25, 0.3) is 0 Å². The van der Waals surface area contributed by atoms with Gasteiger partial charge in [0.05, 0.1) is 6.10 Å². The van der Waals surface area contributed by atoms with Crippen molar-refractivity contribution in [2.75, 3.05) is 6.61 Å². The van der Waals surface area contributed by atoms with Gasteiger partial charge in [0.15, 0.2) is 0 Å². The van der Waals surface area contributed by atoms with Crippen LogP contribution in [0.15, 0.2) is 59.3 Å². The minimum absolute atomic E-state index is 0.0398. The van der Waals surface area contributed by atoms with Gasteiger partial charge in [0, 0.05) is 12.0 Å². The summed E-state index contributed by atoms with van der Waals surface area (Å²) < 4.78 is 5.00. The van der Waals surface area contributed by atoms with Gasteiger partial charge in [0.2, 0.25) is 0 Å². The van der Waals surface area contributed by atoms with Crippen LogP contribution in [-0.2, 0) is 9.53 Å². The summed E-state index contributed by atoms with van der Waals surface area (Å²) in [5.74, 6) is 0.0420. The molecule has 0 spiro atoms. The standard InChI is InChI=1S/C24H36O3/c1-7-22(25)17-27-23(26)16-19(3)10-8-9-18(2)11-12-21-15-20(4)13-14-24(21,5)6/h8-12,15-16,21-22,25H,7,13-14,17H2,1-6H3/b10-8+,12-11+,18-9+,19-16+. The van der Waals surface area contributed by atoms with Crippen molar-refractivity contribution in [3.63, 3.8) is 0 Å². The topological polar surface area (TPSA) is 46.5 Å². The number of hydrogen-bond acceptors (Lipinski definition) is 3. The molecule has 0 saturated heterocycles. The molecule has 3 heteroatoms. The van der Waals surface area contributed by atoms with E-state index in [1.54, 1.807) is 0 Å². The quantitative estimate of drug-likeness (QED) is 0.258. The second kappa shape index (κ2) is 11.1. The third kappa shape index (κ3) is 9.05. The van der Waals surface area contributed by atoms with E-state index in [9.17, 15) is 9.90 Å². The summed E-state index contributed by atoms with van der Waals surface area (Å²) in [6, 6.07) is 0. The average Bonchev–Trinajstić information content (AvgIpc) is 2.60. The van der Waals surface area contributed by atoms with E-state index in [0.717, 1.165) is 5.57 Å².